The van der Waals surface area contributed by atoms with E-state index in [1.54, 1.807) is 0 Å². The lowest BCUT2D eigenvalue weighted by Crippen LogP contribution is -2.59. The average molecular weight is 280 g/mol. The van der Waals surface area contributed by atoms with Gasteiger partial charge in [0.2, 0.25) is 0 Å². The highest BCUT2D eigenvalue weighted by Gasteiger charge is 2.44. The van der Waals surface area contributed by atoms with E-state index in [0.717, 1.165) is 37.1 Å². The van der Waals surface area contributed by atoms with Gasteiger partial charge in [-0.05, 0) is 70.8 Å². The Bertz CT molecular complexity index is 336. The molecule has 3 heteroatoms. The summed E-state index contributed by atoms with van der Waals surface area (Å²) in [4.78, 5) is 2.61. The van der Waals surface area contributed by atoms with Gasteiger partial charge in [0.05, 0.1) is 12.2 Å². The highest BCUT2D eigenvalue weighted by Crippen LogP contribution is 2.49. The molecule has 1 saturated heterocycles. The van der Waals surface area contributed by atoms with Gasteiger partial charge in [0.15, 0.2) is 0 Å². The fraction of sp³-hybridized carbons (Fsp3) is 1.00. The molecule has 20 heavy (non-hydrogen) atoms. The highest BCUT2D eigenvalue weighted by atomic mass is 16.5. The first-order valence-electron chi connectivity index (χ1n) is 8.59. The molecule has 116 valence electrons. The lowest BCUT2D eigenvalue weighted by Gasteiger charge is -2.49. The first kappa shape index (κ1) is 14.8. The van der Waals surface area contributed by atoms with E-state index in [1.807, 2.05) is 0 Å². The summed E-state index contributed by atoms with van der Waals surface area (Å²) in [6.07, 6.45) is 8.80. The summed E-state index contributed by atoms with van der Waals surface area (Å²) in [6, 6.07) is 0. The zero-order valence-corrected chi connectivity index (χ0v) is 13.5. The third-order valence-electron chi connectivity index (χ3n) is 6.38. The predicted octanol–water partition coefficient (Wildman–Crippen LogP) is 2.64. The SMILES string of the molecule is CC1CC(CN)(N(C)CC2CC3CCC2C3)CC(C)O1. The normalized spacial score (nSPS) is 48.1. The Hall–Kier alpha value is -0.120. The van der Waals surface area contributed by atoms with Crippen LogP contribution in [0, 0.1) is 17.8 Å². The monoisotopic (exact) mass is 280 g/mol. The summed E-state index contributed by atoms with van der Waals surface area (Å²) in [5, 5.41) is 0. The molecular weight excluding hydrogens is 248 g/mol. The lowest BCUT2D eigenvalue weighted by molar-refractivity contribution is -0.101. The molecule has 2 aliphatic carbocycles. The van der Waals surface area contributed by atoms with Crippen molar-refractivity contribution in [1.82, 2.24) is 4.90 Å². The van der Waals surface area contributed by atoms with E-state index in [2.05, 4.69) is 25.8 Å². The van der Waals surface area contributed by atoms with E-state index >= 15 is 0 Å². The minimum Gasteiger partial charge on any atom is -0.375 e. The average Bonchev–Trinajstić information content (AvgIpc) is 2.99. The Morgan fingerprint density at radius 3 is 2.35 bits per heavy atom. The van der Waals surface area contributed by atoms with Crippen LogP contribution in [0.4, 0.5) is 0 Å². The van der Waals surface area contributed by atoms with Crippen molar-refractivity contribution in [3.05, 3.63) is 0 Å². The van der Waals surface area contributed by atoms with Crippen LogP contribution in [-0.4, -0.2) is 42.8 Å². The molecule has 0 spiro atoms. The molecule has 2 bridgehead atoms. The predicted molar refractivity (Wildman–Crippen MR) is 82.6 cm³/mol. The number of fused-ring (bicyclic) bond motifs is 2. The Balaban J connectivity index is 1.65. The molecule has 0 aromatic carbocycles. The van der Waals surface area contributed by atoms with Gasteiger partial charge in [-0.25, -0.2) is 0 Å². The minimum absolute atomic E-state index is 0.166. The van der Waals surface area contributed by atoms with Gasteiger partial charge in [0.1, 0.15) is 0 Å². The first-order valence-corrected chi connectivity index (χ1v) is 8.59. The second kappa shape index (κ2) is 5.58. The van der Waals surface area contributed by atoms with Gasteiger partial charge < -0.3 is 10.5 Å². The molecule has 0 aromatic rings. The van der Waals surface area contributed by atoms with Crippen molar-refractivity contribution < 1.29 is 4.74 Å². The van der Waals surface area contributed by atoms with Crippen molar-refractivity contribution in [2.45, 2.75) is 70.1 Å². The minimum atomic E-state index is 0.166. The van der Waals surface area contributed by atoms with Crippen LogP contribution in [0.2, 0.25) is 0 Å². The van der Waals surface area contributed by atoms with E-state index in [0.29, 0.717) is 12.2 Å². The standard InChI is InChI=1S/C17H32N2O/c1-12-8-17(11-18,9-13(2)20-12)19(3)10-16-7-14-4-5-15(16)6-14/h12-16H,4-11,18H2,1-3H3. The Kier molecular flexibility index (Phi) is 4.13. The van der Waals surface area contributed by atoms with Crippen LogP contribution in [0.5, 0.6) is 0 Å². The van der Waals surface area contributed by atoms with Gasteiger partial charge in [-0.3, -0.25) is 4.90 Å². The van der Waals surface area contributed by atoms with Crippen LogP contribution in [-0.2, 0) is 4.74 Å². The van der Waals surface area contributed by atoms with Crippen molar-refractivity contribution in [2.75, 3.05) is 20.1 Å². The maximum absolute atomic E-state index is 6.22. The van der Waals surface area contributed by atoms with Crippen molar-refractivity contribution in [3.63, 3.8) is 0 Å². The van der Waals surface area contributed by atoms with Crippen LogP contribution in [0.15, 0.2) is 0 Å². The molecule has 3 rings (SSSR count). The quantitative estimate of drug-likeness (QED) is 0.860. The van der Waals surface area contributed by atoms with Crippen LogP contribution in [0.1, 0.15) is 52.4 Å². The number of ether oxygens (including phenoxy) is 1. The molecule has 0 radical (unpaired) electrons. The maximum Gasteiger partial charge on any atom is 0.0568 e. The summed E-state index contributed by atoms with van der Waals surface area (Å²) in [7, 11) is 2.31. The van der Waals surface area contributed by atoms with Crippen molar-refractivity contribution >= 4 is 0 Å². The highest BCUT2D eigenvalue weighted by molar-refractivity contribution is 4.99. The van der Waals surface area contributed by atoms with E-state index in [9.17, 15) is 0 Å². The Labute approximate surface area is 124 Å². The zero-order chi connectivity index (χ0) is 14.3. The molecule has 5 unspecified atom stereocenters. The summed E-state index contributed by atoms with van der Waals surface area (Å²) in [5.41, 5.74) is 6.38. The second-order valence-corrected chi connectivity index (χ2v) is 7.91. The number of rotatable bonds is 4. The van der Waals surface area contributed by atoms with E-state index in [-0.39, 0.29) is 5.54 Å². The largest absolute Gasteiger partial charge is 0.375 e. The van der Waals surface area contributed by atoms with Crippen LogP contribution in [0.25, 0.3) is 0 Å². The maximum atomic E-state index is 6.22. The van der Waals surface area contributed by atoms with Gasteiger partial charge in [-0.15, -0.1) is 0 Å². The second-order valence-electron chi connectivity index (χ2n) is 7.91. The molecule has 2 N–H and O–H groups in total. The van der Waals surface area contributed by atoms with E-state index in [4.69, 9.17) is 10.5 Å². The van der Waals surface area contributed by atoms with Gasteiger partial charge in [-0.2, -0.15) is 0 Å². The van der Waals surface area contributed by atoms with Crippen LogP contribution < -0.4 is 5.73 Å². The van der Waals surface area contributed by atoms with Crippen LogP contribution >= 0.6 is 0 Å². The molecule has 0 amide bonds. The van der Waals surface area contributed by atoms with Gasteiger partial charge in [0.25, 0.3) is 0 Å². The number of nitrogens with two attached hydrogens (primary N) is 1. The van der Waals surface area contributed by atoms with Crippen molar-refractivity contribution in [1.29, 1.82) is 0 Å². The van der Waals surface area contributed by atoms with E-state index < -0.39 is 0 Å². The van der Waals surface area contributed by atoms with Crippen molar-refractivity contribution in [2.24, 2.45) is 23.5 Å². The van der Waals surface area contributed by atoms with Crippen molar-refractivity contribution in [3.8, 4) is 0 Å². The fourth-order valence-corrected chi connectivity index (χ4v) is 5.43. The first-order chi connectivity index (χ1) is 9.52. The summed E-state index contributed by atoms with van der Waals surface area (Å²) >= 11 is 0. The zero-order valence-electron chi connectivity index (χ0n) is 13.5. The molecule has 3 nitrogen and oxygen atoms in total. The van der Waals surface area contributed by atoms with Gasteiger partial charge in [-0.1, -0.05) is 6.42 Å². The molecule has 1 heterocycles. The Morgan fingerprint density at radius 2 is 1.85 bits per heavy atom. The van der Waals surface area contributed by atoms with Gasteiger partial charge >= 0.3 is 0 Å². The topological polar surface area (TPSA) is 38.5 Å². The number of likely N-dealkylation sites (N-methyl/N-ethyl adjacent to an activating group) is 1. The number of nitrogens with zero attached hydrogens (tertiary/aromatic N) is 1. The molecule has 2 saturated carbocycles. The molecule has 1 aliphatic heterocycles. The summed E-state index contributed by atoms with van der Waals surface area (Å²) in [6.45, 7) is 6.41. The molecular formula is C17H32N2O. The summed E-state index contributed by atoms with van der Waals surface area (Å²) < 4.78 is 5.93. The third-order valence-corrected chi connectivity index (χ3v) is 6.38. The number of hydrogen-bond donors (Lipinski definition) is 1. The number of hydrogen-bond acceptors (Lipinski definition) is 3. The van der Waals surface area contributed by atoms with Crippen LogP contribution in [0.3, 0.4) is 0 Å². The molecule has 0 aromatic heterocycles. The molecule has 5 atom stereocenters. The summed E-state index contributed by atoms with van der Waals surface area (Å²) in [5.74, 6) is 2.97. The third kappa shape index (κ3) is 2.65. The lowest BCUT2D eigenvalue weighted by atomic mass is 9.81. The smallest absolute Gasteiger partial charge is 0.0568 e. The fourth-order valence-electron chi connectivity index (χ4n) is 5.43. The van der Waals surface area contributed by atoms with Gasteiger partial charge in [0, 0.05) is 18.6 Å². The molecule has 3 aliphatic rings. The van der Waals surface area contributed by atoms with E-state index in [1.165, 1.54) is 32.2 Å². The Morgan fingerprint density at radius 1 is 1.15 bits per heavy atom. The molecule has 3 fully saturated rings.